The first-order chi connectivity index (χ1) is 23.1. The van der Waals surface area contributed by atoms with Crippen LogP contribution in [0.25, 0.3) is 28.7 Å². The molecule has 1 saturated carbocycles. The maximum absolute atomic E-state index is 6.58. The molecular formula is C37H40Cl2N8. The van der Waals surface area contributed by atoms with Crippen LogP contribution in [0.4, 0.5) is 5.95 Å². The lowest BCUT2D eigenvalue weighted by atomic mass is 9.96. The topological polar surface area (TPSA) is 85.5 Å². The lowest BCUT2D eigenvalue weighted by Crippen LogP contribution is -2.28. The fourth-order valence-corrected chi connectivity index (χ4v) is 7.19. The molecule has 0 radical (unpaired) electrons. The van der Waals surface area contributed by atoms with Crippen LogP contribution in [0.3, 0.4) is 0 Å². The van der Waals surface area contributed by atoms with Crippen molar-refractivity contribution in [3.63, 3.8) is 0 Å². The van der Waals surface area contributed by atoms with Crippen molar-refractivity contribution in [2.75, 3.05) is 18.4 Å². The number of nitrogens with one attached hydrogen (secondary N) is 2. The third kappa shape index (κ3) is 7.15. The Balaban J connectivity index is 1.31. The number of benzene rings is 2. The molecule has 0 atom stereocenters. The number of hydrogen-bond acceptors (Lipinski definition) is 6. The maximum atomic E-state index is 6.58. The van der Waals surface area contributed by atoms with Gasteiger partial charge in [-0.15, -0.1) is 0 Å². The molecule has 2 fully saturated rings. The van der Waals surface area contributed by atoms with Crippen LogP contribution in [0.5, 0.6) is 0 Å². The van der Waals surface area contributed by atoms with Gasteiger partial charge in [0.05, 0.1) is 27.1 Å². The maximum Gasteiger partial charge on any atom is 0.223 e. The van der Waals surface area contributed by atoms with Crippen molar-refractivity contribution >= 4 is 35.2 Å². The molecule has 1 saturated heterocycles. The molecule has 4 heterocycles. The summed E-state index contributed by atoms with van der Waals surface area (Å²) in [6.07, 6.45) is 15.5. The predicted octanol–water partition coefficient (Wildman–Crippen LogP) is 8.46. The number of halogens is 2. The van der Waals surface area contributed by atoms with Crippen molar-refractivity contribution in [2.45, 2.75) is 70.0 Å². The Morgan fingerprint density at radius 1 is 0.851 bits per heavy atom. The first-order valence-electron chi connectivity index (χ1n) is 16.6. The number of rotatable bonds is 10. The number of aromatic nitrogens is 6. The second kappa shape index (κ2) is 14.4. The van der Waals surface area contributed by atoms with Gasteiger partial charge in [0.1, 0.15) is 11.6 Å². The molecule has 1 aliphatic carbocycles. The molecule has 0 amide bonds. The fourth-order valence-electron chi connectivity index (χ4n) is 6.89. The quantitative estimate of drug-likeness (QED) is 0.156. The number of anilines is 1. The van der Waals surface area contributed by atoms with E-state index in [1.165, 1.54) is 30.4 Å². The number of imidazole rings is 2. The van der Waals surface area contributed by atoms with Gasteiger partial charge in [-0.3, -0.25) is 0 Å². The summed E-state index contributed by atoms with van der Waals surface area (Å²) in [6, 6.07) is 17.0. The van der Waals surface area contributed by atoms with Crippen LogP contribution in [0, 0.1) is 0 Å². The highest BCUT2D eigenvalue weighted by atomic mass is 35.5. The van der Waals surface area contributed by atoms with Gasteiger partial charge in [0.2, 0.25) is 5.95 Å². The van der Waals surface area contributed by atoms with Crippen LogP contribution in [0.15, 0.2) is 73.7 Å². The third-order valence-corrected chi connectivity index (χ3v) is 10.1. The third-order valence-electron chi connectivity index (χ3n) is 9.38. The average Bonchev–Trinajstić information content (AvgIpc) is 3.72. The van der Waals surface area contributed by atoms with Crippen molar-refractivity contribution in [3.8, 4) is 22.6 Å². The average molecular weight is 668 g/mol. The monoisotopic (exact) mass is 666 g/mol. The molecule has 242 valence electrons. The van der Waals surface area contributed by atoms with Crippen molar-refractivity contribution in [1.82, 2.24) is 34.4 Å². The largest absolute Gasteiger partial charge is 0.351 e. The Morgan fingerprint density at radius 3 is 2.36 bits per heavy atom. The van der Waals surface area contributed by atoms with Gasteiger partial charge in [-0.05, 0) is 74.2 Å². The van der Waals surface area contributed by atoms with E-state index < -0.39 is 0 Å². The van der Waals surface area contributed by atoms with Crippen LogP contribution < -0.4 is 10.6 Å². The summed E-state index contributed by atoms with van der Waals surface area (Å²) in [5.74, 6) is 2.90. The van der Waals surface area contributed by atoms with E-state index in [0.29, 0.717) is 34.5 Å². The summed E-state index contributed by atoms with van der Waals surface area (Å²) in [5, 5.41) is 8.17. The smallest absolute Gasteiger partial charge is 0.223 e. The summed E-state index contributed by atoms with van der Waals surface area (Å²) in [4.78, 5) is 19.5. The molecule has 5 aromatic rings. The Hall–Kier alpha value is -3.98. The molecule has 0 unspecified atom stereocenters. The van der Waals surface area contributed by atoms with Crippen molar-refractivity contribution in [2.24, 2.45) is 0 Å². The SMILES string of the molecule is C=Cc1nccn1Cc1ccc(Cn2c(C3CCNCC3)nc(-c3ccc(Cl)c(Cl)c3)c2-c2ccnc(NC3CCCCC3)n2)cc1. The molecule has 0 spiro atoms. The van der Waals surface area contributed by atoms with E-state index in [4.69, 9.17) is 33.2 Å². The minimum absolute atomic E-state index is 0.311. The van der Waals surface area contributed by atoms with E-state index in [9.17, 15) is 0 Å². The zero-order valence-corrected chi connectivity index (χ0v) is 28.0. The van der Waals surface area contributed by atoms with Gasteiger partial charge in [-0.1, -0.05) is 79.4 Å². The molecule has 0 bridgehead atoms. The van der Waals surface area contributed by atoms with E-state index in [-0.39, 0.29) is 0 Å². The lowest BCUT2D eigenvalue weighted by Gasteiger charge is -2.24. The molecule has 7 rings (SSSR count). The lowest BCUT2D eigenvalue weighted by molar-refractivity contribution is 0.434. The van der Waals surface area contributed by atoms with E-state index in [0.717, 1.165) is 79.6 Å². The molecule has 2 aliphatic rings. The van der Waals surface area contributed by atoms with E-state index in [1.807, 2.05) is 42.9 Å². The number of nitrogens with zero attached hydrogens (tertiary/aromatic N) is 6. The molecule has 8 nitrogen and oxygen atoms in total. The van der Waals surface area contributed by atoms with E-state index in [2.05, 4.69) is 60.6 Å². The molecule has 2 N–H and O–H groups in total. The first kappa shape index (κ1) is 31.6. The molecule has 2 aromatic carbocycles. The number of hydrogen-bond donors (Lipinski definition) is 2. The number of piperidine rings is 1. The second-order valence-electron chi connectivity index (χ2n) is 12.6. The van der Waals surface area contributed by atoms with Crippen LogP contribution in [0.1, 0.15) is 73.6 Å². The minimum Gasteiger partial charge on any atom is -0.351 e. The van der Waals surface area contributed by atoms with Gasteiger partial charge in [-0.2, -0.15) is 0 Å². The molecule has 47 heavy (non-hydrogen) atoms. The van der Waals surface area contributed by atoms with Gasteiger partial charge in [0.25, 0.3) is 0 Å². The Bertz CT molecular complexity index is 1830. The van der Waals surface area contributed by atoms with Crippen molar-refractivity contribution in [3.05, 3.63) is 107 Å². The van der Waals surface area contributed by atoms with Crippen LogP contribution in [0.2, 0.25) is 10.0 Å². The van der Waals surface area contributed by atoms with Gasteiger partial charge >= 0.3 is 0 Å². The second-order valence-corrected chi connectivity index (χ2v) is 13.4. The molecule has 10 heteroatoms. The summed E-state index contributed by atoms with van der Waals surface area (Å²) >= 11 is 13.0. The molecule has 3 aromatic heterocycles. The molecule has 1 aliphatic heterocycles. The van der Waals surface area contributed by atoms with Gasteiger partial charge < -0.3 is 19.8 Å². The molecular weight excluding hydrogens is 627 g/mol. The highest BCUT2D eigenvalue weighted by Gasteiger charge is 2.28. The van der Waals surface area contributed by atoms with Crippen LogP contribution >= 0.6 is 23.2 Å². The minimum atomic E-state index is 0.311. The summed E-state index contributed by atoms with van der Waals surface area (Å²) < 4.78 is 4.48. The van der Waals surface area contributed by atoms with Gasteiger partial charge in [-0.25, -0.2) is 19.9 Å². The standard InChI is InChI=1S/C37H40Cl2N8/c1-2-33-41-20-21-46(33)23-25-8-10-26(11-9-25)24-47-35(32-16-19-42-37(44-32)43-29-6-4-3-5-7-29)34(28-12-13-30(38)31(39)22-28)45-36(47)27-14-17-40-18-15-27/h2,8-13,16,19-22,27,29,40H,1,3-7,14-15,17-18,23-24H2,(H,42,43,44). The summed E-state index contributed by atoms with van der Waals surface area (Å²) in [7, 11) is 0. The Morgan fingerprint density at radius 2 is 1.62 bits per heavy atom. The fraction of sp³-hybridized carbons (Fsp3) is 0.351. The highest BCUT2D eigenvalue weighted by molar-refractivity contribution is 6.42. The van der Waals surface area contributed by atoms with Gasteiger partial charge in [0.15, 0.2) is 0 Å². The van der Waals surface area contributed by atoms with E-state index >= 15 is 0 Å². The summed E-state index contributed by atoms with van der Waals surface area (Å²) in [5.41, 5.74) is 5.95. The van der Waals surface area contributed by atoms with Crippen molar-refractivity contribution in [1.29, 1.82) is 0 Å². The predicted molar refractivity (Wildman–Crippen MR) is 191 cm³/mol. The van der Waals surface area contributed by atoms with Crippen LogP contribution in [-0.4, -0.2) is 48.2 Å². The summed E-state index contributed by atoms with van der Waals surface area (Å²) in [6.45, 7) is 7.21. The zero-order chi connectivity index (χ0) is 32.2. The first-order valence-corrected chi connectivity index (χ1v) is 17.4. The normalized spacial score (nSPS) is 16.0. The van der Waals surface area contributed by atoms with Crippen LogP contribution in [-0.2, 0) is 13.1 Å². The van der Waals surface area contributed by atoms with E-state index in [1.54, 1.807) is 6.08 Å². The Kier molecular flexibility index (Phi) is 9.70. The zero-order valence-electron chi connectivity index (χ0n) is 26.5. The highest BCUT2D eigenvalue weighted by Crippen LogP contribution is 2.39. The Labute approximate surface area is 286 Å². The van der Waals surface area contributed by atoms with Gasteiger partial charge in [0, 0.05) is 49.2 Å². The van der Waals surface area contributed by atoms with Crippen molar-refractivity contribution < 1.29 is 0 Å².